The molecule has 0 radical (unpaired) electrons. The van der Waals surface area contributed by atoms with Crippen LogP contribution in [0.15, 0.2) is 65.8 Å². The number of halogens is 1. The number of nitrogens with one attached hydrogen (secondary N) is 1. The molecule has 160 valence electrons. The molecule has 1 aliphatic rings. The van der Waals surface area contributed by atoms with Gasteiger partial charge in [-0.2, -0.15) is 4.98 Å². The fourth-order valence-electron chi connectivity index (χ4n) is 4.42. The summed E-state index contributed by atoms with van der Waals surface area (Å²) < 4.78 is 23.1. The van der Waals surface area contributed by atoms with Crippen molar-refractivity contribution in [1.29, 1.82) is 0 Å². The predicted molar refractivity (Wildman–Crippen MR) is 116 cm³/mol. The van der Waals surface area contributed by atoms with Gasteiger partial charge in [-0.05, 0) is 30.5 Å². The van der Waals surface area contributed by atoms with Crippen LogP contribution in [0.4, 0.5) is 4.39 Å². The van der Waals surface area contributed by atoms with E-state index in [1.54, 1.807) is 27.7 Å². The largest absolute Gasteiger partial charge is 0.373 e. The predicted octanol–water partition coefficient (Wildman–Crippen LogP) is 3.69. The first-order valence-corrected chi connectivity index (χ1v) is 10.4. The number of fused-ring (bicyclic) bond motifs is 2. The maximum Gasteiger partial charge on any atom is 0.327 e. The van der Waals surface area contributed by atoms with Gasteiger partial charge < -0.3 is 9.72 Å². The Kier molecular flexibility index (Phi) is 4.36. The second-order valence-corrected chi connectivity index (χ2v) is 7.90. The van der Waals surface area contributed by atoms with E-state index >= 15 is 0 Å². The molecule has 1 fully saturated rings. The van der Waals surface area contributed by atoms with Crippen molar-refractivity contribution in [2.75, 3.05) is 6.61 Å². The highest BCUT2D eigenvalue weighted by molar-refractivity contribution is 5.77. The van der Waals surface area contributed by atoms with Gasteiger partial charge in [0.1, 0.15) is 17.7 Å². The van der Waals surface area contributed by atoms with Gasteiger partial charge >= 0.3 is 5.69 Å². The monoisotopic (exact) mass is 430 g/mol. The Morgan fingerprint density at radius 3 is 2.88 bits per heavy atom. The smallest absolute Gasteiger partial charge is 0.327 e. The van der Waals surface area contributed by atoms with Crippen molar-refractivity contribution in [2.45, 2.75) is 25.0 Å². The SMILES string of the molecule is O=c1[nH]c2cnc(-n3cnc4ccc(F)cc43)nc2n1C1CCO[C@H](c2ccccc2)C1. The van der Waals surface area contributed by atoms with Crippen molar-refractivity contribution in [2.24, 2.45) is 0 Å². The van der Waals surface area contributed by atoms with Gasteiger partial charge in [-0.15, -0.1) is 0 Å². The molecule has 9 heteroatoms. The Labute approximate surface area is 181 Å². The number of aromatic amines is 1. The summed E-state index contributed by atoms with van der Waals surface area (Å²) in [6.45, 7) is 0.548. The van der Waals surface area contributed by atoms with Crippen LogP contribution in [0.2, 0.25) is 0 Å². The number of imidazole rings is 2. The fourth-order valence-corrected chi connectivity index (χ4v) is 4.42. The average Bonchev–Trinajstić information content (AvgIpc) is 3.39. The molecule has 0 bridgehead atoms. The molecule has 8 nitrogen and oxygen atoms in total. The lowest BCUT2D eigenvalue weighted by molar-refractivity contribution is -0.00691. The van der Waals surface area contributed by atoms with Crippen molar-refractivity contribution in [3.63, 3.8) is 0 Å². The van der Waals surface area contributed by atoms with Crippen molar-refractivity contribution in [3.05, 3.63) is 82.9 Å². The minimum Gasteiger partial charge on any atom is -0.373 e. The van der Waals surface area contributed by atoms with Crippen LogP contribution in [0.3, 0.4) is 0 Å². The summed E-state index contributed by atoms with van der Waals surface area (Å²) >= 11 is 0. The third-order valence-corrected chi connectivity index (χ3v) is 5.96. The molecule has 3 aromatic heterocycles. The summed E-state index contributed by atoms with van der Waals surface area (Å²) in [5, 5.41) is 0. The van der Waals surface area contributed by atoms with Crippen LogP contribution in [-0.2, 0) is 4.74 Å². The molecule has 5 aromatic rings. The summed E-state index contributed by atoms with van der Waals surface area (Å²) in [6, 6.07) is 14.3. The van der Waals surface area contributed by atoms with E-state index in [9.17, 15) is 9.18 Å². The number of ether oxygens (including phenoxy) is 1. The molecule has 2 atom stereocenters. The van der Waals surface area contributed by atoms with E-state index in [1.807, 2.05) is 30.3 Å². The van der Waals surface area contributed by atoms with Gasteiger partial charge in [-0.25, -0.2) is 19.2 Å². The summed E-state index contributed by atoms with van der Waals surface area (Å²) in [5.41, 5.74) is 3.12. The van der Waals surface area contributed by atoms with Gasteiger partial charge in [-0.3, -0.25) is 9.13 Å². The summed E-state index contributed by atoms with van der Waals surface area (Å²) in [6.07, 6.45) is 4.41. The molecule has 1 aliphatic heterocycles. The van der Waals surface area contributed by atoms with Gasteiger partial charge in [0.25, 0.3) is 0 Å². The zero-order valence-electron chi connectivity index (χ0n) is 17.0. The van der Waals surface area contributed by atoms with Crippen LogP contribution in [-0.4, -0.2) is 35.7 Å². The third-order valence-electron chi connectivity index (χ3n) is 5.96. The first kappa shape index (κ1) is 18.9. The van der Waals surface area contributed by atoms with Crippen molar-refractivity contribution in [1.82, 2.24) is 29.1 Å². The van der Waals surface area contributed by atoms with E-state index in [-0.39, 0.29) is 23.7 Å². The van der Waals surface area contributed by atoms with Crippen LogP contribution in [0.1, 0.15) is 30.6 Å². The Hall–Kier alpha value is -3.85. The van der Waals surface area contributed by atoms with E-state index < -0.39 is 0 Å². The molecule has 4 heterocycles. The number of hydrogen-bond donors (Lipinski definition) is 1. The van der Waals surface area contributed by atoms with E-state index in [1.165, 1.54) is 12.1 Å². The van der Waals surface area contributed by atoms with Gasteiger partial charge in [0, 0.05) is 18.7 Å². The van der Waals surface area contributed by atoms with Crippen molar-refractivity contribution in [3.8, 4) is 5.95 Å². The molecule has 0 saturated carbocycles. The van der Waals surface area contributed by atoms with Crippen LogP contribution in [0.25, 0.3) is 28.1 Å². The molecular formula is C23H19FN6O2. The first-order chi connectivity index (χ1) is 15.7. The highest BCUT2D eigenvalue weighted by Crippen LogP contribution is 2.34. The lowest BCUT2D eigenvalue weighted by atomic mass is 9.97. The van der Waals surface area contributed by atoms with Gasteiger partial charge in [0.05, 0.1) is 23.3 Å². The Balaban J connectivity index is 1.43. The normalized spacial score (nSPS) is 19.0. The number of H-pyrrole nitrogens is 1. The van der Waals surface area contributed by atoms with Crippen molar-refractivity contribution >= 4 is 22.2 Å². The zero-order chi connectivity index (χ0) is 21.7. The molecule has 1 N–H and O–H groups in total. The van der Waals surface area contributed by atoms with Gasteiger partial charge in [-0.1, -0.05) is 30.3 Å². The fraction of sp³-hybridized carbons (Fsp3) is 0.217. The maximum atomic E-state index is 13.8. The lowest BCUT2D eigenvalue weighted by Crippen LogP contribution is -2.29. The summed E-state index contributed by atoms with van der Waals surface area (Å²) in [5.74, 6) is -0.0435. The van der Waals surface area contributed by atoms with Crippen LogP contribution in [0, 0.1) is 5.82 Å². The quantitative estimate of drug-likeness (QED) is 0.471. The van der Waals surface area contributed by atoms with Crippen LogP contribution >= 0.6 is 0 Å². The van der Waals surface area contributed by atoms with Gasteiger partial charge in [0.2, 0.25) is 5.95 Å². The molecular weight excluding hydrogens is 411 g/mol. The summed E-state index contributed by atoms with van der Waals surface area (Å²) in [7, 11) is 0. The van der Waals surface area contributed by atoms with E-state index in [2.05, 4.69) is 19.9 Å². The van der Waals surface area contributed by atoms with E-state index in [4.69, 9.17) is 4.74 Å². The number of rotatable bonds is 3. The Morgan fingerprint density at radius 1 is 1.12 bits per heavy atom. The third kappa shape index (κ3) is 3.09. The lowest BCUT2D eigenvalue weighted by Gasteiger charge is -2.30. The molecule has 1 unspecified atom stereocenters. The summed E-state index contributed by atoms with van der Waals surface area (Å²) in [4.78, 5) is 29.1. The highest BCUT2D eigenvalue weighted by atomic mass is 19.1. The number of benzene rings is 2. The molecule has 0 aliphatic carbocycles. The second kappa shape index (κ2) is 7.38. The zero-order valence-corrected chi connectivity index (χ0v) is 17.0. The maximum absolute atomic E-state index is 13.8. The minimum absolute atomic E-state index is 0.0741. The molecule has 0 spiro atoms. The standard InChI is InChI=1S/C23H19FN6O2/c24-15-6-7-17-19(10-15)29(13-26-17)22-25-12-18-21(28-22)30(23(31)27-18)16-8-9-32-20(11-16)14-4-2-1-3-5-14/h1-7,10,12-13,16,20H,8-9,11H2,(H,27,31)/t16?,20-/m0/s1. The highest BCUT2D eigenvalue weighted by Gasteiger charge is 2.28. The Morgan fingerprint density at radius 2 is 2.00 bits per heavy atom. The molecule has 6 rings (SSSR count). The van der Waals surface area contributed by atoms with Crippen molar-refractivity contribution < 1.29 is 9.13 Å². The molecule has 1 saturated heterocycles. The molecule has 32 heavy (non-hydrogen) atoms. The number of aromatic nitrogens is 6. The molecule has 0 amide bonds. The number of nitrogens with zero attached hydrogens (tertiary/aromatic N) is 5. The van der Waals surface area contributed by atoms with Gasteiger partial charge in [0.15, 0.2) is 5.65 Å². The topological polar surface area (TPSA) is 90.6 Å². The number of hydrogen-bond acceptors (Lipinski definition) is 5. The first-order valence-electron chi connectivity index (χ1n) is 10.4. The minimum atomic E-state index is -0.368. The Bertz CT molecular complexity index is 1490. The van der Waals surface area contributed by atoms with E-state index in [0.29, 0.717) is 47.6 Å². The average molecular weight is 430 g/mol. The van der Waals surface area contributed by atoms with E-state index in [0.717, 1.165) is 5.56 Å². The van der Waals surface area contributed by atoms with Crippen LogP contribution in [0.5, 0.6) is 0 Å². The van der Waals surface area contributed by atoms with Crippen LogP contribution < -0.4 is 5.69 Å². The molecule has 2 aromatic carbocycles. The second-order valence-electron chi connectivity index (χ2n) is 7.90.